The van der Waals surface area contributed by atoms with Crippen molar-refractivity contribution in [3.05, 3.63) is 125 Å². The maximum Gasteiger partial charge on any atom is 0.264 e. The highest BCUT2D eigenvalue weighted by atomic mass is 32.2. The first-order chi connectivity index (χ1) is 20.3. The zero-order valence-electron chi connectivity index (χ0n) is 23.3. The van der Waals surface area contributed by atoms with Crippen molar-refractivity contribution in [3.63, 3.8) is 0 Å². The van der Waals surface area contributed by atoms with Gasteiger partial charge in [-0.15, -0.1) is 0 Å². The van der Waals surface area contributed by atoms with E-state index in [0.717, 1.165) is 24.0 Å². The Bertz CT molecular complexity index is 1650. The highest BCUT2D eigenvalue weighted by molar-refractivity contribution is 7.92. The van der Waals surface area contributed by atoms with Gasteiger partial charge < -0.3 is 15.4 Å². The lowest BCUT2D eigenvalue weighted by Gasteiger charge is -2.27. The summed E-state index contributed by atoms with van der Waals surface area (Å²) in [6.07, 6.45) is 1.84. The molecule has 4 aromatic carbocycles. The molecule has 1 aliphatic heterocycles. The van der Waals surface area contributed by atoms with Gasteiger partial charge in [0, 0.05) is 13.2 Å². The van der Waals surface area contributed by atoms with Crippen molar-refractivity contribution in [2.75, 3.05) is 22.8 Å². The van der Waals surface area contributed by atoms with Gasteiger partial charge >= 0.3 is 0 Å². The van der Waals surface area contributed by atoms with Crippen LogP contribution in [0, 0.1) is 6.92 Å². The largest absolute Gasteiger partial charge is 0.376 e. The van der Waals surface area contributed by atoms with Crippen LogP contribution in [0.15, 0.2) is 108 Å². The normalized spacial score (nSPS) is 14.7. The van der Waals surface area contributed by atoms with Gasteiger partial charge in [-0.05, 0) is 61.7 Å². The Morgan fingerprint density at radius 2 is 1.50 bits per heavy atom. The smallest absolute Gasteiger partial charge is 0.264 e. The molecule has 9 heteroatoms. The number of nitrogens with one attached hydrogen (secondary N) is 2. The fourth-order valence-electron chi connectivity index (χ4n) is 4.86. The molecule has 1 aliphatic rings. The molecule has 8 nitrogen and oxygen atoms in total. The van der Waals surface area contributed by atoms with E-state index in [1.165, 1.54) is 4.31 Å². The monoisotopic (exact) mass is 583 g/mol. The second kappa shape index (κ2) is 13.0. The lowest BCUT2D eigenvalue weighted by Crippen LogP contribution is -2.33. The van der Waals surface area contributed by atoms with Crippen LogP contribution in [0.5, 0.6) is 0 Å². The predicted octanol–water partition coefficient (Wildman–Crippen LogP) is 5.55. The molecule has 0 unspecified atom stereocenters. The number of benzene rings is 4. The molecular weight excluding hydrogens is 550 g/mol. The van der Waals surface area contributed by atoms with Crippen molar-refractivity contribution in [3.8, 4) is 0 Å². The standard InChI is InChI=1S/C33H33N3O5S/c1-24-17-19-27(20-18-24)42(39,40)36(23-25-10-3-2-4-11-25)31-16-8-6-14-29(31)33(38)35-30-15-7-5-13-28(30)32(37)34-22-26-12-9-21-41-26/h2-8,10-11,13-20,26H,9,12,21-23H2,1H3,(H,34,37)(H,35,38)/t26-/m1/s1. The number of aryl methyl sites for hydroxylation is 1. The molecule has 216 valence electrons. The maximum atomic E-state index is 14.0. The Balaban J connectivity index is 1.46. The summed E-state index contributed by atoms with van der Waals surface area (Å²) in [5.41, 5.74) is 2.68. The lowest BCUT2D eigenvalue weighted by molar-refractivity contribution is 0.0858. The number of carbonyl (C=O) groups excluding carboxylic acids is 2. The molecule has 1 saturated heterocycles. The van der Waals surface area contributed by atoms with E-state index >= 15 is 0 Å². The van der Waals surface area contributed by atoms with Gasteiger partial charge in [0.2, 0.25) is 0 Å². The third-order valence-electron chi connectivity index (χ3n) is 7.13. The SMILES string of the molecule is Cc1ccc(S(=O)(=O)N(Cc2ccccc2)c2ccccc2C(=O)Nc2ccccc2C(=O)NC[C@H]2CCCO2)cc1. The number of carbonyl (C=O) groups is 2. The summed E-state index contributed by atoms with van der Waals surface area (Å²) in [6, 6.07) is 29.1. The molecule has 2 N–H and O–H groups in total. The quantitative estimate of drug-likeness (QED) is 0.255. The molecular formula is C33H33N3O5S. The summed E-state index contributed by atoms with van der Waals surface area (Å²) in [5, 5.41) is 5.73. The van der Waals surface area contributed by atoms with Crippen LogP contribution < -0.4 is 14.9 Å². The van der Waals surface area contributed by atoms with E-state index in [-0.39, 0.29) is 34.7 Å². The van der Waals surface area contributed by atoms with Crippen LogP contribution in [-0.2, 0) is 21.3 Å². The molecule has 0 aromatic heterocycles. The molecule has 42 heavy (non-hydrogen) atoms. The number of rotatable bonds is 10. The predicted molar refractivity (Wildman–Crippen MR) is 163 cm³/mol. The van der Waals surface area contributed by atoms with E-state index in [4.69, 9.17) is 4.74 Å². The van der Waals surface area contributed by atoms with E-state index in [1.807, 2.05) is 37.3 Å². The Labute approximate surface area is 246 Å². The average Bonchev–Trinajstić information content (AvgIpc) is 3.53. The molecule has 1 heterocycles. The van der Waals surface area contributed by atoms with E-state index in [1.54, 1.807) is 72.8 Å². The Hall–Kier alpha value is -4.47. The number of hydrogen-bond donors (Lipinski definition) is 2. The molecule has 0 aliphatic carbocycles. The number of ether oxygens (including phenoxy) is 1. The summed E-state index contributed by atoms with van der Waals surface area (Å²) < 4.78 is 34.9. The summed E-state index contributed by atoms with van der Waals surface area (Å²) in [5.74, 6) is -0.871. The fourth-order valence-corrected chi connectivity index (χ4v) is 6.33. The van der Waals surface area contributed by atoms with Crippen molar-refractivity contribution >= 4 is 33.2 Å². The third kappa shape index (κ3) is 6.70. The second-order valence-corrected chi connectivity index (χ2v) is 12.0. The average molecular weight is 584 g/mol. The van der Waals surface area contributed by atoms with Gasteiger partial charge in [-0.2, -0.15) is 0 Å². The first kappa shape index (κ1) is 29.0. The second-order valence-electron chi connectivity index (χ2n) is 10.2. The molecule has 0 radical (unpaired) electrons. The van der Waals surface area contributed by atoms with Gasteiger partial charge in [-0.3, -0.25) is 13.9 Å². The lowest BCUT2D eigenvalue weighted by atomic mass is 10.1. The van der Waals surface area contributed by atoms with Gasteiger partial charge in [0.1, 0.15) is 0 Å². The minimum Gasteiger partial charge on any atom is -0.376 e. The van der Waals surface area contributed by atoms with Crippen LogP contribution in [0.25, 0.3) is 0 Å². The summed E-state index contributed by atoms with van der Waals surface area (Å²) >= 11 is 0. The van der Waals surface area contributed by atoms with Crippen molar-refractivity contribution in [2.24, 2.45) is 0 Å². The van der Waals surface area contributed by atoms with Crippen molar-refractivity contribution in [2.45, 2.75) is 37.3 Å². The van der Waals surface area contributed by atoms with Crippen LogP contribution in [0.2, 0.25) is 0 Å². The molecule has 1 fully saturated rings. The van der Waals surface area contributed by atoms with E-state index < -0.39 is 15.9 Å². The topological polar surface area (TPSA) is 105 Å². The highest BCUT2D eigenvalue weighted by Crippen LogP contribution is 2.30. The van der Waals surface area contributed by atoms with Crippen LogP contribution in [0.3, 0.4) is 0 Å². The van der Waals surface area contributed by atoms with E-state index in [2.05, 4.69) is 10.6 Å². The fraction of sp³-hybridized carbons (Fsp3) is 0.212. The molecule has 0 saturated carbocycles. The molecule has 0 spiro atoms. The number of hydrogen-bond acceptors (Lipinski definition) is 5. The van der Waals surface area contributed by atoms with Gasteiger partial charge in [0.25, 0.3) is 21.8 Å². The number of amides is 2. The minimum atomic E-state index is -4.06. The summed E-state index contributed by atoms with van der Waals surface area (Å²) in [4.78, 5) is 26.9. The number of sulfonamides is 1. The highest BCUT2D eigenvalue weighted by Gasteiger charge is 2.29. The van der Waals surface area contributed by atoms with Gasteiger partial charge in [0.05, 0.1) is 40.0 Å². The summed E-state index contributed by atoms with van der Waals surface area (Å²) in [7, 11) is -4.06. The Morgan fingerprint density at radius 1 is 0.833 bits per heavy atom. The van der Waals surface area contributed by atoms with Gasteiger partial charge in [0.15, 0.2) is 0 Å². The maximum absolute atomic E-state index is 14.0. The van der Waals surface area contributed by atoms with Gasteiger partial charge in [-0.1, -0.05) is 72.3 Å². The number of anilines is 2. The third-order valence-corrected chi connectivity index (χ3v) is 8.90. The van der Waals surface area contributed by atoms with Crippen molar-refractivity contribution < 1.29 is 22.7 Å². The zero-order valence-corrected chi connectivity index (χ0v) is 24.1. The molecule has 4 aromatic rings. The van der Waals surface area contributed by atoms with Crippen molar-refractivity contribution in [1.29, 1.82) is 0 Å². The van der Waals surface area contributed by atoms with E-state index in [9.17, 15) is 18.0 Å². The van der Waals surface area contributed by atoms with Crippen LogP contribution in [-0.4, -0.2) is 39.5 Å². The Kier molecular flexibility index (Phi) is 9.00. The van der Waals surface area contributed by atoms with E-state index in [0.29, 0.717) is 24.4 Å². The van der Waals surface area contributed by atoms with Gasteiger partial charge in [-0.25, -0.2) is 8.42 Å². The van der Waals surface area contributed by atoms with Crippen LogP contribution in [0.4, 0.5) is 11.4 Å². The number of nitrogens with zero attached hydrogens (tertiary/aromatic N) is 1. The molecule has 2 amide bonds. The summed E-state index contributed by atoms with van der Waals surface area (Å²) in [6.45, 7) is 2.98. The van der Waals surface area contributed by atoms with Crippen LogP contribution >= 0.6 is 0 Å². The number of para-hydroxylation sites is 2. The molecule has 1 atom stereocenters. The van der Waals surface area contributed by atoms with Crippen LogP contribution in [0.1, 0.15) is 44.7 Å². The molecule has 5 rings (SSSR count). The minimum absolute atomic E-state index is 0.0174. The van der Waals surface area contributed by atoms with Crippen molar-refractivity contribution in [1.82, 2.24) is 5.32 Å². The molecule has 0 bridgehead atoms. The first-order valence-electron chi connectivity index (χ1n) is 13.9. The zero-order chi connectivity index (χ0) is 29.5. The Morgan fingerprint density at radius 3 is 2.21 bits per heavy atom. The first-order valence-corrected chi connectivity index (χ1v) is 15.3.